The molecule has 2 aromatic rings. The molecule has 132 valence electrons. The van der Waals surface area contributed by atoms with Gasteiger partial charge in [0.15, 0.2) is 0 Å². The van der Waals surface area contributed by atoms with Crippen LogP contribution >= 0.6 is 0 Å². The zero-order valence-electron chi connectivity index (χ0n) is 14.7. The van der Waals surface area contributed by atoms with E-state index < -0.39 is 0 Å². The summed E-state index contributed by atoms with van der Waals surface area (Å²) in [6, 6.07) is 15.8. The van der Waals surface area contributed by atoms with Gasteiger partial charge in [-0.3, -0.25) is 4.79 Å². The summed E-state index contributed by atoms with van der Waals surface area (Å²) in [5.74, 6) is 0.844. The molecular weight excluding hydrogens is 314 g/mol. The molecule has 2 atom stereocenters. The van der Waals surface area contributed by atoms with Crippen LogP contribution in [0.1, 0.15) is 37.4 Å². The molecule has 0 spiro atoms. The zero-order chi connectivity index (χ0) is 17.6. The quantitative estimate of drug-likeness (QED) is 0.756. The summed E-state index contributed by atoms with van der Waals surface area (Å²) in [5.41, 5.74) is 9.50. The van der Waals surface area contributed by atoms with Crippen molar-refractivity contribution in [2.24, 2.45) is 0 Å². The molecule has 1 amide bonds. The number of hydrogen-bond acceptors (Lipinski definition) is 4. The van der Waals surface area contributed by atoms with Gasteiger partial charge in [0.1, 0.15) is 11.8 Å². The molecule has 5 nitrogen and oxygen atoms in total. The molecule has 2 aromatic carbocycles. The highest BCUT2D eigenvalue weighted by molar-refractivity contribution is 5.95. The third-order valence-electron chi connectivity index (χ3n) is 4.42. The highest BCUT2D eigenvalue weighted by Crippen LogP contribution is 2.25. The van der Waals surface area contributed by atoms with Gasteiger partial charge in [0, 0.05) is 11.7 Å². The van der Waals surface area contributed by atoms with Gasteiger partial charge in [-0.2, -0.15) is 0 Å². The van der Waals surface area contributed by atoms with Crippen LogP contribution in [0.15, 0.2) is 48.5 Å². The van der Waals surface area contributed by atoms with Crippen molar-refractivity contribution in [3.8, 4) is 5.75 Å². The van der Waals surface area contributed by atoms with Crippen LogP contribution in [0, 0.1) is 0 Å². The fourth-order valence-corrected chi connectivity index (χ4v) is 3.01. The second-order valence-electron chi connectivity index (χ2n) is 6.17. The number of amides is 1. The zero-order valence-corrected chi connectivity index (χ0v) is 14.7. The molecule has 0 aliphatic carbocycles. The molecule has 25 heavy (non-hydrogen) atoms. The first-order chi connectivity index (χ1) is 12.2. The highest BCUT2D eigenvalue weighted by atomic mass is 16.5. The van der Waals surface area contributed by atoms with Crippen LogP contribution in [0.5, 0.6) is 5.75 Å². The Labute approximate surface area is 148 Å². The fraction of sp³-hybridized carbons (Fsp3) is 0.350. The minimum atomic E-state index is -0.262. The van der Waals surface area contributed by atoms with Gasteiger partial charge in [0.25, 0.3) is 0 Å². The molecule has 0 radical (unpaired) electrons. The van der Waals surface area contributed by atoms with Crippen LogP contribution in [-0.4, -0.2) is 18.6 Å². The van der Waals surface area contributed by atoms with Gasteiger partial charge in [-0.15, -0.1) is 0 Å². The number of ether oxygens (including phenoxy) is 1. The van der Waals surface area contributed by atoms with Crippen molar-refractivity contribution in [1.29, 1.82) is 0 Å². The lowest BCUT2D eigenvalue weighted by atomic mass is 10.0. The summed E-state index contributed by atoms with van der Waals surface area (Å²) in [7, 11) is 0. The number of nitrogens with one attached hydrogen (secondary N) is 3. The van der Waals surface area contributed by atoms with Crippen molar-refractivity contribution >= 4 is 11.6 Å². The Morgan fingerprint density at radius 3 is 2.68 bits per heavy atom. The van der Waals surface area contributed by atoms with Gasteiger partial charge in [0.2, 0.25) is 5.91 Å². The maximum Gasteiger partial charge on any atom is 0.242 e. The Hall–Kier alpha value is -2.37. The van der Waals surface area contributed by atoms with E-state index in [1.807, 2.05) is 49.4 Å². The number of carbonyl (C=O) groups excluding carboxylic acids is 1. The molecule has 5 heteroatoms. The lowest BCUT2D eigenvalue weighted by Crippen LogP contribution is -2.39. The van der Waals surface area contributed by atoms with Gasteiger partial charge >= 0.3 is 0 Å². The lowest BCUT2D eigenvalue weighted by molar-refractivity contribution is -0.117. The van der Waals surface area contributed by atoms with E-state index in [-0.39, 0.29) is 18.0 Å². The first-order valence-electron chi connectivity index (χ1n) is 8.83. The molecule has 0 bridgehead atoms. The molecule has 1 saturated heterocycles. The topological polar surface area (TPSA) is 62.4 Å². The van der Waals surface area contributed by atoms with E-state index >= 15 is 0 Å². The Kier molecular flexibility index (Phi) is 5.68. The van der Waals surface area contributed by atoms with Crippen LogP contribution in [-0.2, 0) is 11.2 Å². The number of hydrogen-bond donors (Lipinski definition) is 3. The largest absolute Gasteiger partial charge is 0.494 e. The summed E-state index contributed by atoms with van der Waals surface area (Å²) in [6.45, 7) is 4.73. The van der Waals surface area contributed by atoms with Crippen molar-refractivity contribution < 1.29 is 9.53 Å². The van der Waals surface area contributed by atoms with E-state index in [0.29, 0.717) is 13.0 Å². The molecule has 3 N–H and O–H groups in total. The summed E-state index contributed by atoms with van der Waals surface area (Å²) in [4.78, 5) is 12.5. The van der Waals surface area contributed by atoms with E-state index in [1.54, 1.807) is 0 Å². The molecular formula is C20H25N3O2. The van der Waals surface area contributed by atoms with E-state index in [1.165, 1.54) is 5.56 Å². The number of carbonyl (C=O) groups is 1. The fourth-order valence-electron chi connectivity index (χ4n) is 3.01. The SMILES string of the molecule is CCOc1ccc(C2CC(C(=O)Nc3cccc(CC)c3)NN2)cc1. The van der Waals surface area contributed by atoms with Crippen molar-refractivity contribution in [3.63, 3.8) is 0 Å². The van der Waals surface area contributed by atoms with Crippen molar-refractivity contribution in [2.75, 3.05) is 11.9 Å². The second kappa shape index (κ2) is 8.14. The van der Waals surface area contributed by atoms with Crippen molar-refractivity contribution in [3.05, 3.63) is 59.7 Å². The van der Waals surface area contributed by atoms with Crippen LogP contribution in [0.25, 0.3) is 0 Å². The minimum absolute atomic E-state index is 0.0193. The van der Waals surface area contributed by atoms with Gasteiger partial charge in [0.05, 0.1) is 6.61 Å². The van der Waals surface area contributed by atoms with Gasteiger partial charge in [-0.25, -0.2) is 10.9 Å². The van der Waals surface area contributed by atoms with E-state index in [9.17, 15) is 4.79 Å². The van der Waals surface area contributed by atoms with E-state index in [4.69, 9.17) is 4.74 Å². The normalized spacial score (nSPS) is 19.6. The Bertz CT molecular complexity index is 715. The average molecular weight is 339 g/mol. The lowest BCUT2D eigenvalue weighted by Gasteiger charge is -2.12. The molecule has 1 aliphatic rings. The summed E-state index contributed by atoms with van der Waals surface area (Å²) < 4.78 is 5.47. The van der Waals surface area contributed by atoms with Crippen molar-refractivity contribution in [2.45, 2.75) is 38.8 Å². The molecule has 0 saturated carbocycles. The van der Waals surface area contributed by atoms with Gasteiger partial charge in [-0.1, -0.05) is 31.2 Å². The molecule has 3 rings (SSSR count). The molecule has 1 fully saturated rings. The maximum absolute atomic E-state index is 12.5. The van der Waals surface area contributed by atoms with E-state index in [0.717, 1.165) is 23.4 Å². The van der Waals surface area contributed by atoms with Crippen LogP contribution in [0.3, 0.4) is 0 Å². The van der Waals surface area contributed by atoms with Gasteiger partial charge < -0.3 is 10.1 Å². The summed E-state index contributed by atoms with van der Waals surface area (Å²) in [6.07, 6.45) is 1.65. The monoisotopic (exact) mass is 339 g/mol. The first-order valence-corrected chi connectivity index (χ1v) is 8.83. The predicted molar refractivity (Wildman–Crippen MR) is 99.5 cm³/mol. The van der Waals surface area contributed by atoms with Crippen LogP contribution < -0.4 is 20.9 Å². The average Bonchev–Trinajstić information content (AvgIpc) is 3.13. The number of hydrazine groups is 1. The van der Waals surface area contributed by atoms with E-state index in [2.05, 4.69) is 29.2 Å². The first kappa shape index (κ1) is 17.5. The molecule has 0 aromatic heterocycles. The summed E-state index contributed by atoms with van der Waals surface area (Å²) in [5, 5.41) is 3.00. The van der Waals surface area contributed by atoms with Crippen LogP contribution in [0.4, 0.5) is 5.69 Å². The third-order valence-corrected chi connectivity index (χ3v) is 4.42. The standard InChI is InChI=1S/C20H25N3O2/c1-3-14-6-5-7-16(12-14)21-20(24)19-13-18(22-23-19)15-8-10-17(11-9-15)25-4-2/h5-12,18-19,22-23H,3-4,13H2,1-2H3,(H,21,24). The number of anilines is 1. The highest BCUT2D eigenvalue weighted by Gasteiger charge is 2.30. The maximum atomic E-state index is 12.5. The second-order valence-corrected chi connectivity index (χ2v) is 6.17. The predicted octanol–water partition coefficient (Wildman–Crippen LogP) is 3.19. The summed E-state index contributed by atoms with van der Waals surface area (Å²) >= 11 is 0. The Morgan fingerprint density at radius 2 is 1.96 bits per heavy atom. The van der Waals surface area contributed by atoms with Gasteiger partial charge in [-0.05, 0) is 55.2 Å². The Balaban J connectivity index is 1.58. The molecule has 2 unspecified atom stereocenters. The van der Waals surface area contributed by atoms with Crippen molar-refractivity contribution in [1.82, 2.24) is 10.9 Å². The third kappa shape index (κ3) is 4.38. The number of benzene rings is 2. The Morgan fingerprint density at radius 1 is 1.16 bits per heavy atom. The minimum Gasteiger partial charge on any atom is -0.494 e. The smallest absolute Gasteiger partial charge is 0.242 e. The number of aryl methyl sites for hydroxylation is 1. The number of rotatable bonds is 6. The molecule has 1 heterocycles. The molecule has 1 aliphatic heterocycles. The van der Waals surface area contributed by atoms with Crippen LogP contribution in [0.2, 0.25) is 0 Å².